The van der Waals surface area contributed by atoms with Crippen LogP contribution in [0.2, 0.25) is 0 Å². The monoisotopic (exact) mass is 255 g/mol. The van der Waals surface area contributed by atoms with Gasteiger partial charge in [0.1, 0.15) is 0 Å². The van der Waals surface area contributed by atoms with Gasteiger partial charge in [0.15, 0.2) is 0 Å². The Kier molecular flexibility index (Phi) is 6.13. The minimum Gasteiger partial charge on any atom is -0.481 e. The quantitative estimate of drug-likeness (QED) is 0.686. The predicted molar refractivity (Wildman–Crippen MR) is 74.7 cm³/mol. The average Bonchev–Trinajstić information content (AvgIpc) is 2.31. The van der Waals surface area contributed by atoms with Crippen molar-refractivity contribution >= 4 is 5.97 Å². The maximum Gasteiger partial charge on any atom is 0.303 e. The smallest absolute Gasteiger partial charge is 0.303 e. The largest absolute Gasteiger partial charge is 0.481 e. The number of nitrogens with zero attached hydrogens (tertiary/aromatic N) is 1. The predicted octanol–water partition coefficient (Wildman–Crippen LogP) is 3.39. The Morgan fingerprint density at radius 2 is 1.83 bits per heavy atom. The zero-order valence-electron chi connectivity index (χ0n) is 12.2. The van der Waals surface area contributed by atoms with Crippen LogP contribution in [0, 0.1) is 11.3 Å². The molecule has 18 heavy (non-hydrogen) atoms. The van der Waals surface area contributed by atoms with E-state index in [4.69, 9.17) is 5.11 Å². The molecule has 0 saturated carbocycles. The van der Waals surface area contributed by atoms with Crippen LogP contribution in [0.4, 0.5) is 0 Å². The molecule has 0 aliphatic carbocycles. The zero-order valence-corrected chi connectivity index (χ0v) is 12.2. The first-order valence-corrected chi connectivity index (χ1v) is 7.49. The van der Waals surface area contributed by atoms with E-state index in [1.54, 1.807) is 0 Å². The molecule has 1 fully saturated rings. The molecule has 106 valence electrons. The second kappa shape index (κ2) is 7.13. The summed E-state index contributed by atoms with van der Waals surface area (Å²) in [5.41, 5.74) is 0.586. The van der Waals surface area contributed by atoms with Gasteiger partial charge in [-0.3, -0.25) is 4.79 Å². The molecule has 3 heteroatoms. The van der Waals surface area contributed by atoms with Crippen molar-refractivity contribution in [2.45, 2.75) is 59.3 Å². The standard InChI is InChI=1S/C15H29NO2/c1-4-13(7-8-14(17)18)9-10-16-11-15(5-2,6-3)12-16/h13H,4-12H2,1-3H3,(H,17,18). The summed E-state index contributed by atoms with van der Waals surface area (Å²) in [4.78, 5) is 13.1. The van der Waals surface area contributed by atoms with Crippen molar-refractivity contribution in [3.05, 3.63) is 0 Å². The molecule has 0 amide bonds. The van der Waals surface area contributed by atoms with E-state index < -0.39 is 5.97 Å². The van der Waals surface area contributed by atoms with Crippen LogP contribution in [0.5, 0.6) is 0 Å². The fraction of sp³-hybridized carbons (Fsp3) is 0.933. The van der Waals surface area contributed by atoms with Crippen molar-refractivity contribution in [2.75, 3.05) is 19.6 Å². The Balaban J connectivity index is 2.19. The Morgan fingerprint density at radius 3 is 2.28 bits per heavy atom. The summed E-state index contributed by atoms with van der Waals surface area (Å²) in [6.07, 6.45) is 6.01. The number of carboxylic acids is 1. The Morgan fingerprint density at radius 1 is 1.22 bits per heavy atom. The van der Waals surface area contributed by atoms with E-state index in [9.17, 15) is 4.79 Å². The van der Waals surface area contributed by atoms with Gasteiger partial charge in [0.2, 0.25) is 0 Å². The molecule has 0 aromatic heterocycles. The Bertz CT molecular complexity index is 253. The van der Waals surface area contributed by atoms with Gasteiger partial charge in [0.25, 0.3) is 0 Å². The molecule has 1 saturated heterocycles. The minimum atomic E-state index is -0.659. The first kappa shape index (κ1) is 15.5. The zero-order chi connectivity index (χ0) is 13.6. The fourth-order valence-corrected chi connectivity index (χ4v) is 3.00. The van der Waals surface area contributed by atoms with Gasteiger partial charge in [-0.2, -0.15) is 0 Å². The third-order valence-electron chi connectivity index (χ3n) is 4.82. The molecule has 1 rings (SSSR count). The number of carboxylic acid groups (broad SMARTS) is 1. The molecule has 0 radical (unpaired) electrons. The molecule has 0 aromatic carbocycles. The van der Waals surface area contributed by atoms with Gasteiger partial charge in [-0.05, 0) is 43.6 Å². The lowest BCUT2D eigenvalue weighted by Gasteiger charge is -2.50. The number of hydrogen-bond acceptors (Lipinski definition) is 2. The van der Waals surface area contributed by atoms with Gasteiger partial charge >= 0.3 is 5.97 Å². The maximum absolute atomic E-state index is 10.6. The molecule has 3 nitrogen and oxygen atoms in total. The lowest BCUT2D eigenvalue weighted by Crippen LogP contribution is -2.55. The van der Waals surface area contributed by atoms with Crippen molar-refractivity contribution in [3.63, 3.8) is 0 Å². The molecular weight excluding hydrogens is 226 g/mol. The van der Waals surface area contributed by atoms with Gasteiger partial charge in [-0.15, -0.1) is 0 Å². The summed E-state index contributed by atoms with van der Waals surface area (Å²) >= 11 is 0. The molecule has 1 unspecified atom stereocenters. The molecule has 0 spiro atoms. The SMILES string of the molecule is CCC(CCC(=O)O)CCN1CC(CC)(CC)C1. The van der Waals surface area contributed by atoms with Crippen LogP contribution in [0.15, 0.2) is 0 Å². The van der Waals surface area contributed by atoms with Crippen LogP contribution in [0.3, 0.4) is 0 Å². The summed E-state index contributed by atoms with van der Waals surface area (Å²) in [6.45, 7) is 10.4. The molecular formula is C15H29NO2. The summed E-state index contributed by atoms with van der Waals surface area (Å²) in [7, 11) is 0. The highest BCUT2D eigenvalue weighted by Crippen LogP contribution is 2.37. The van der Waals surface area contributed by atoms with E-state index in [1.807, 2.05) is 0 Å². The molecule has 1 aliphatic rings. The van der Waals surface area contributed by atoms with Crippen LogP contribution in [-0.4, -0.2) is 35.6 Å². The fourth-order valence-electron chi connectivity index (χ4n) is 3.00. The van der Waals surface area contributed by atoms with E-state index in [0.29, 0.717) is 17.8 Å². The van der Waals surface area contributed by atoms with Crippen LogP contribution < -0.4 is 0 Å². The lowest BCUT2D eigenvalue weighted by molar-refractivity contribution is -0.137. The van der Waals surface area contributed by atoms with Gasteiger partial charge in [-0.1, -0.05) is 27.2 Å². The number of hydrogen-bond donors (Lipinski definition) is 1. The molecule has 0 aromatic rings. The van der Waals surface area contributed by atoms with Crippen LogP contribution in [0.1, 0.15) is 59.3 Å². The minimum absolute atomic E-state index is 0.326. The van der Waals surface area contributed by atoms with E-state index >= 15 is 0 Å². The summed E-state index contributed by atoms with van der Waals surface area (Å²) in [5, 5.41) is 8.71. The third-order valence-corrected chi connectivity index (χ3v) is 4.82. The van der Waals surface area contributed by atoms with Crippen molar-refractivity contribution < 1.29 is 9.90 Å². The second-order valence-corrected chi connectivity index (χ2v) is 5.91. The van der Waals surface area contributed by atoms with Gasteiger partial charge in [-0.25, -0.2) is 0 Å². The molecule has 1 N–H and O–H groups in total. The number of likely N-dealkylation sites (tertiary alicyclic amines) is 1. The number of carbonyl (C=O) groups is 1. The van der Waals surface area contributed by atoms with E-state index in [1.165, 1.54) is 25.9 Å². The first-order chi connectivity index (χ1) is 8.55. The summed E-state index contributed by atoms with van der Waals surface area (Å²) < 4.78 is 0. The van der Waals surface area contributed by atoms with Crippen molar-refractivity contribution in [3.8, 4) is 0 Å². The lowest BCUT2D eigenvalue weighted by atomic mass is 9.75. The Labute approximate surface area is 112 Å². The number of aliphatic carboxylic acids is 1. The molecule has 1 heterocycles. The van der Waals surface area contributed by atoms with Gasteiger partial charge < -0.3 is 10.0 Å². The topological polar surface area (TPSA) is 40.5 Å². The normalized spacial score (nSPS) is 20.4. The van der Waals surface area contributed by atoms with Gasteiger partial charge in [0.05, 0.1) is 0 Å². The molecule has 1 atom stereocenters. The summed E-state index contributed by atoms with van der Waals surface area (Å²) in [5.74, 6) is -0.0762. The summed E-state index contributed by atoms with van der Waals surface area (Å²) in [6, 6.07) is 0. The van der Waals surface area contributed by atoms with Crippen LogP contribution in [-0.2, 0) is 4.79 Å². The van der Waals surface area contributed by atoms with Crippen LogP contribution >= 0.6 is 0 Å². The maximum atomic E-state index is 10.6. The van der Waals surface area contributed by atoms with Crippen molar-refractivity contribution in [1.82, 2.24) is 4.90 Å². The van der Waals surface area contributed by atoms with E-state index in [2.05, 4.69) is 25.7 Å². The second-order valence-electron chi connectivity index (χ2n) is 5.91. The van der Waals surface area contributed by atoms with Gasteiger partial charge in [0, 0.05) is 19.5 Å². The van der Waals surface area contributed by atoms with Crippen molar-refractivity contribution in [1.29, 1.82) is 0 Å². The number of rotatable bonds is 9. The van der Waals surface area contributed by atoms with Crippen LogP contribution in [0.25, 0.3) is 0 Å². The Hall–Kier alpha value is -0.570. The molecule has 1 aliphatic heterocycles. The highest BCUT2D eigenvalue weighted by molar-refractivity contribution is 5.66. The highest BCUT2D eigenvalue weighted by Gasteiger charge is 2.39. The first-order valence-electron chi connectivity index (χ1n) is 7.49. The average molecular weight is 255 g/mol. The highest BCUT2D eigenvalue weighted by atomic mass is 16.4. The third kappa shape index (κ3) is 4.27. The molecule has 0 bridgehead atoms. The van der Waals surface area contributed by atoms with Crippen molar-refractivity contribution in [2.24, 2.45) is 11.3 Å². The van der Waals surface area contributed by atoms with E-state index in [0.717, 1.165) is 25.8 Å². The van der Waals surface area contributed by atoms with E-state index in [-0.39, 0.29) is 0 Å².